The number of ether oxygens (including phenoxy) is 1. The predicted octanol–water partition coefficient (Wildman–Crippen LogP) is 1.08. The van der Waals surface area contributed by atoms with Gasteiger partial charge in [-0.3, -0.25) is 4.79 Å². The van der Waals surface area contributed by atoms with E-state index in [1.807, 2.05) is 0 Å². The van der Waals surface area contributed by atoms with Crippen molar-refractivity contribution in [3.8, 4) is 5.75 Å². The van der Waals surface area contributed by atoms with Crippen LogP contribution in [-0.4, -0.2) is 23.2 Å². The van der Waals surface area contributed by atoms with Crippen molar-refractivity contribution in [2.75, 3.05) is 12.8 Å². The number of nitrogens with zero attached hydrogens (tertiary/aromatic N) is 2. The number of amides is 1. The number of anilines is 1. The highest BCUT2D eigenvalue weighted by Gasteiger charge is 2.15. The lowest BCUT2D eigenvalue weighted by Gasteiger charge is -2.08. The molecule has 0 saturated heterocycles. The summed E-state index contributed by atoms with van der Waals surface area (Å²) in [7, 11) is 1.54. The topological polar surface area (TPSA) is 104 Å². The number of rotatable bonds is 2. The molecule has 6 nitrogen and oxygen atoms in total. The average molecular weight is 297 g/mol. The molecular formula is C10H9BrN4O2. The molecule has 0 aliphatic rings. The lowest BCUT2D eigenvalue weighted by atomic mass is 10.1. The number of carbonyl (C=O) groups is 1. The van der Waals surface area contributed by atoms with Crippen molar-refractivity contribution in [3.05, 3.63) is 22.3 Å². The summed E-state index contributed by atoms with van der Waals surface area (Å²) < 4.78 is 5.76. The molecule has 1 aromatic carbocycles. The molecule has 0 atom stereocenters. The zero-order valence-electron chi connectivity index (χ0n) is 8.90. The maximum atomic E-state index is 11.1. The predicted molar refractivity (Wildman–Crippen MR) is 66.7 cm³/mol. The fourth-order valence-electron chi connectivity index (χ4n) is 1.48. The Morgan fingerprint density at radius 3 is 2.71 bits per heavy atom. The Morgan fingerprint density at radius 1 is 1.41 bits per heavy atom. The Labute approximate surface area is 105 Å². The van der Waals surface area contributed by atoms with Crippen LogP contribution >= 0.6 is 15.9 Å². The summed E-state index contributed by atoms with van der Waals surface area (Å²) in [5, 5.41) is 8.22. The molecule has 0 aliphatic carbocycles. The molecule has 17 heavy (non-hydrogen) atoms. The number of nitrogen functional groups attached to an aromatic ring is 1. The van der Waals surface area contributed by atoms with Gasteiger partial charge < -0.3 is 16.2 Å². The summed E-state index contributed by atoms with van der Waals surface area (Å²) in [5.74, 6) is -0.0955. The molecule has 2 rings (SSSR count). The minimum Gasteiger partial charge on any atom is -0.495 e. The number of nitrogens with two attached hydrogens (primary N) is 2. The standard InChI is InChI=1S/C10H9BrN4O2/c1-17-5-3-2-4-7(12)9(10(13)16)15-14-8(4)6(5)11/h2-3H,1H3,(H2,12,14)(H2,13,16). The van der Waals surface area contributed by atoms with Gasteiger partial charge in [-0.1, -0.05) is 0 Å². The van der Waals surface area contributed by atoms with Gasteiger partial charge in [0, 0.05) is 5.39 Å². The van der Waals surface area contributed by atoms with E-state index in [0.29, 0.717) is 21.1 Å². The molecular weight excluding hydrogens is 288 g/mol. The number of carbonyl (C=O) groups excluding carboxylic acids is 1. The molecule has 4 N–H and O–H groups in total. The van der Waals surface area contributed by atoms with Crippen LogP contribution in [0.25, 0.3) is 10.9 Å². The van der Waals surface area contributed by atoms with E-state index in [9.17, 15) is 4.79 Å². The molecule has 0 aliphatic heterocycles. The first-order chi connectivity index (χ1) is 8.06. The second-order valence-corrected chi connectivity index (χ2v) is 4.10. The third-order valence-electron chi connectivity index (χ3n) is 2.33. The fraction of sp³-hybridized carbons (Fsp3) is 0.100. The van der Waals surface area contributed by atoms with Crippen molar-refractivity contribution < 1.29 is 9.53 Å². The normalized spacial score (nSPS) is 10.5. The maximum absolute atomic E-state index is 11.1. The van der Waals surface area contributed by atoms with E-state index >= 15 is 0 Å². The first-order valence-electron chi connectivity index (χ1n) is 4.64. The Morgan fingerprint density at radius 2 is 2.12 bits per heavy atom. The Balaban J connectivity index is 2.81. The molecule has 7 heteroatoms. The third kappa shape index (κ3) is 1.78. The second kappa shape index (κ2) is 4.17. The van der Waals surface area contributed by atoms with Gasteiger partial charge in [0.2, 0.25) is 0 Å². The van der Waals surface area contributed by atoms with Crippen LogP contribution in [0.2, 0.25) is 0 Å². The summed E-state index contributed by atoms with van der Waals surface area (Å²) >= 11 is 3.34. The van der Waals surface area contributed by atoms with Gasteiger partial charge in [0.25, 0.3) is 5.91 Å². The molecule has 0 bridgehead atoms. The highest BCUT2D eigenvalue weighted by molar-refractivity contribution is 9.10. The van der Waals surface area contributed by atoms with Crippen molar-refractivity contribution in [1.82, 2.24) is 10.2 Å². The number of hydrogen-bond donors (Lipinski definition) is 2. The van der Waals surface area contributed by atoms with Gasteiger partial charge in [0.05, 0.1) is 17.3 Å². The second-order valence-electron chi connectivity index (χ2n) is 3.30. The van der Waals surface area contributed by atoms with Crippen molar-refractivity contribution in [3.63, 3.8) is 0 Å². The molecule has 2 aromatic rings. The molecule has 0 fully saturated rings. The summed E-state index contributed by atoms with van der Waals surface area (Å²) in [6, 6.07) is 3.42. The van der Waals surface area contributed by atoms with E-state index in [0.717, 1.165) is 0 Å². The number of fused-ring (bicyclic) bond motifs is 1. The van der Waals surface area contributed by atoms with Crippen LogP contribution in [0, 0.1) is 0 Å². The van der Waals surface area contributed by atoms with Crippen molar-refractivity contribution >= 4 is 38.4 Å². The van der Waals surface area contributed by atoms with Gasteiger partial charge in [-0.05, 0) is 28.1 Å². The van der Waals surface area contributed by atoms with E-state index in [1.165, 1.54) is 0 Å². The third-order valence-corrected chi connectivity index (χ3v) is 3.10. The van der Waals surface area contributed by atoms with Crippen LogP contribution < -0.4 is 16.2 Å². The van der Waals surface area contributed by atoms with Crippen LogP contribution in [0.3, 0.4) is 0 Å². The number of primary amides is 1. The van der Waals surface area contributed by atoms with Gasteiger partial charge in [-0.25, -0.2) is 0 Å². The van der Waals surface area contributed by atoms with Crippen molar-refractivity contribution in [2.24, 2.45) is 5.73 Å². The highest BCUT2D eigenvalue weighted by Crippen LogP contribution is 2.34. The molecule has 1 aromatic heterocycles. The minimum absolute atomic E-state index is 0.0328. The van der Waals surface area contributed by atoms with E-state index in [2.05, 4.69) is 26.1 Å². The first-order valence-corrected chi connectivity index (χ1v) is 5.43. The Kier molecular flexibility index (Phi) is 2.84. The number of hydrogen-bond acceptors (Lipinski definition) is 5. The number of halogens is 1. The molecule has 0 unspecified atom stereocenters. The smallest absolute Gasteiger partial charge is 0.271 e. The fourth-order valence-corrected chi connectivity index (χ4v) is 2.07. The summed E-state index contributed by atoms with van der Waals surface area (Å²) in [6.07, 6.45) is 0. The molecule has 0 saturated carbocycles. The van der Waals surface area contributed by atoms with Crippen LogP contribution in [0.1, 0.15) is 10.5 Å². The van der Waals surface area contributed by atoms with Crippen LogP contribution in [0.5, 0.6) is 5.75 Å². The summed E-state index contributed by atoms with van der Waals surface area (Å²) in [5.41, 5.74) is 11.7. The van der Waals surface area contributed by atoms with Crippen LogP contribution in [-0.2, 0) is 0 Å². The maximum Gasteiger partial charge on any atom is 0.271 e. The highest BCUT2D eigenvalue weighted by atomic mass is 79.9. The molecule has 1 heterocycles. The lowest BCUT2D eigenvalue weighted by Crippen LogP contribution is -2.16. The van der Waals surface area contributed by atoms with E-state index in [1.54, 1.807) is 19.2 Å². The average Bonchev–Trinajstić information content (AvgIpc) is 2.30. The Hall–Kier alpha value is -1.89. The van der Waals surface area contributed by atoms with Gasteiger partial charge in [0.15, 0.2) is 5.69 Å². The van der Waals surface area contributed by atoms with Crippen LogP contribution in [0.4, 0.5) is 5.69 Å². The van der Waals surface area contributed by atoms with E-state index in [-0.39, 0.29) is 11.4 Å². The molecule has 0 spiro atoms. The van der Waals surface area contributed by atoms with Gasteiger partial charge >= 0.3 is 0 Å². The molecule has 1 amide bonds. The van der Waals surface area contributed by atoms with Gasteiger partial charge in [0.1, 0.15) is 11.3 Å². The van der Waals surface area contributed by atoms with E-state index < -0.39 is 5.91 Å². The SMILES string of the molecule is COc1ccc2c(N)c(C(N)=O)nnc2c1Br. The number of benzene rings is 1. The summed E-state index contributed by atoms with van der Waals surface area (Å²) in [6.45, 7) is 0. The van der Waals surface area contributed by atoms with Crippen molar-refractivity contribution in [1.29, 1.82) is 0 Å². The number of aromatic nitrogens is 2. The minimum atomic E-state index is -0.705. The first kappa shape index (κ1) is 11.6. The number of methoxy groups -OCH3 is 1. The van der Waals surface area contributed by atoms with Crippen molar-refractivity contribution in [2.45, 2.75) is 0 Å². The Bertz CT molecular complexity index is 615. The molecule has 0 radical (unpaired) electrons. The van der Waals surface area contributed by atoms with E-state index in [4.69, 9.17) is 16.2 Å². The lowest BCUT2D eigenvalue weighted by molar-refractivity contribution is 0.0996. The molecule has 88 valence electrons. The quantitative estimate of drug-likeness (QED) is 0.863. The zero-order valence-corrected chi connectivity index (χ0v) is 10.5. The summed E-state index contributed by atoms with van der Waals surface area (Å²) in [4.78, 5) is 11.1. The zero-order chi connectivity index (χ0) is 12.6. The van der Waals surface area contributed by atoms with Gasteiger partial charge in [-0.2, -0.15) is 0 Å². The largest absolute Gasteiger partial charge is 0.495 e. The monoisotopic (exact) mass is 296 g/mol. The van der Waals surface area contributed by atoms with Crippen LogP contribution in [0.15, 0.2) is 16.6 Å². The van der Waals surface area contributed by atoms with Gasteiger partial charge in [-0.15, -0.1) is 10.2 Å².